The number of anilines is 2. The summed E-state index contributed by atoms with van der Waals surface area (Å²) in [5.41, 5.74) is 4.00. The quantitative estimate of drug-likeness (QED) is 0.429. The summed E-state index contributed by atoms with van der Waals surface area (Å²) in [7, 11) is 0. The van der Waals surface area contributed by atoms with Crippen molar-refractivity contribution in [3.63, 3.8) is 0 Å². The third-order valence-electron chi connectivity index (χ3n) is 3.77. The number of aromatic nitrogens is 3. The Hall–Kier alpha value is -2.08. The fourth-order valence-electron chi connectivity index (χ4n) is 2.58. The zero-order chi connectivity index (χ0) is 16.7. The molecule has 4 aromatic rings. The number of nitrogens with one attached hydrogen (secondary N) is 2. The van der Waals surface area contributed by atoms with Crippen LogP contribution in [0.2, 0.25) is 10.2 Å². The highest BCUT2D eigenvalue weighted by atomic mass is 35.5. The Morgan fingerprint density at radius 1 is 1.08 bits per heavy atom. The van der Waals surface area contributed by atoms with Gasteiger partial charge >= 0.3 is 0 Å². The lowest BCUT2D eigenvalue weighted by Crippen LogP contribution is -1.89. The van der Waals surface area contributed by atoms with Crippen LogP contribution in [-0.4, -0.2) is 15.0 Å². The molecule has 1 aromatic carbocycles. The molecule has 0 aliphatic heterocycles. The first-order valence-electron chi connectivity index (χ1n) is 7.23. The van der Waals surface area contributed by atoms with Gasteiger partial charge in [-0.2, -0.15) is 0 Å². The van der Waals surface area contributed by atoms with E-state index in [0.29, 0.717) is 5.15 Å². The number of aromatic amines is 1. The number of hydrogen-bond acceptors (Lipinski definition) is 4. The molecule has 0 fully saturated rings. The largest absolute Gasteiger partial charge is 0.352 e. The highest BCUT2D eigenvalue weighted by Gasteiger charge is 2.14. The van der Waals surface area contributed by atoms with Gasteiger partial charge in [0.25, 0.3) is 0 Å². The second-order valence-corrected chi connectivity index (χ2v) is 7.14. The van der Waals surface area contributed by atoms with Crippen LogP contribution >= 0.6 is 34.5 Å². The molecule has 2 N–H and O–H groups in total. The van der Waals surface area contributed by atoms with Gasteiger partial charge in [-0.25, -0.2) is 9.97 Å². The second kappa shape index (κ2) is 6.09. The summed E-state index contributed by atoms with van der Waals surface area (Å²) in [6, 6.07) is 9.52. The van der Waals surface area contributed by atoms with Crippen LogP contribution < -0.4 is 5.32 Å². The van der Waals surface area contributed by atoms with Gasteiger partial charge < -0.3 is 10.3 Å². The Morgan fingerprint density at radius 3 is 2.71 bits per heavy atom. The molecule has 0 aliphatic rings. The maximum absolute atomic E-state index is 6.28. The molecular formula is C17H12Cl2N4S. The predicted octanol–water partition coefficient (Wildman–Crippen LogP) is 6.05. The van der Waals surface area contributed by atoms with E-state index in [1.807, 2.05) is 24.4 Å². The molecule has 0 unspecified atom stereocenters. The van der Waals surface area contributed by atoms with Crippen molar-refractivity contribution < 1.29 is 0 Å². The fourth-order valence-corrected chi connectivity index (χ4v) is 3.81. The van der Waals surface area contributed by atoms with E-state index in [4.69, 9.17) is 23.2 Å². The molecule has 0 amide bonds. The molecule has 120 valence electrons. The van der Waals surface area contributed by atoms with Crippen LogP contribution in [0.25, 0.3) is 21.5 Å². The Labute approximate surface area is 152 Å². The van der Waals surface area contributed by atoms with Crippen molar-refractivity contribution in [2.75, 3.05) is 5.32 Å². The average Bonchev–Trinajstić information content (AvgIpc) is 3.16. The molecule has 24 heavy (non-hydrogen) atoms. The Balaban J connectivity index is 1.69. The molecule has 3 aromatic heterocycles. The van der Waals surface area contributed by atoms with Gasteiger partial charge in [0.1, 0.15) is 5.15 Å². The van der Waals surface area contributed by atoms with E-state index in [1.54, 1.807) is 23.6 Å². The molecule has 3 heterocycles. The Morgan fingerprint density at radius 2 is 1.96 bits per heavy atom. The van der Waals surface area contributed by atoms with Crippen molar-refractivity contribution in [3.8, 4) is 10.6 Å². The Kier molecular flexibility index (Phi) is 3.92. The maximum Gasteiger partial charge on any atom is 0.187 e. The van der Waals surface area contributed by atoms with Crippen LogP contribution in [0.15, 0.2) is 42.7 Å². The monoisotopic (exact) mass is 374 g/mol. The number of H-pyrrole nitrogens is 1. The number of hydrogen-bond donors (Lipinski definition) is 2. The molecule has 0 aliphatic carbocycles. The summed E-state index contributed by atoms with van der Waals surface area (Å²) in [6.07, 6.45) is 3.53. The van der Waals surface area contributed by atoms with Gasteiger partial charge in [-0.3, -0.25) is 0 Å². The first-order chi connectivity index (χ1) is 11.6. The minimum atomic E-state index is 0.464. The number of pyridine rings is 1. The minimum Gasteiger partial charge on any atom is -0.352 e. The van der Waals surface area contributed by atoms with Crippen molar-refractivity contribution >= 4 is 56.3 Å². The van der Waals surface area contributed by atoms with Crippen molar-refractivity contribution in [2.24, 2.45) is 0 Å². The predicted molar refractivity (Wildman–Crippen MR) is 102 cm³/mol. The van der Waals surface area contributed by atoms with E-state index in [-0.39, 0.29) is 0 Å². The number of thiazole rings is 1. The zero-order valence-electron chi connectivity index (χ0n) is 12.6. The van der Waals surface area contributed by atoms with Gasteiger partial charge in [0.05, 0.1) is 33.0 Å². The van der Waals surface area contributed by atoms with Crippen molar-refractivity contribution in [3.05, 3.63) is 58.5 Å². The average molecular weight is 375 g/mol. The molecule has 0 radical (unpaired) electrons. The normalized spacial score (nSPS) is 11.1. The molecule has 0 saturated carbocycles. The maximum atomic E-state index is 6.28. The number of rotatable bonds is 3. The highest BCUT2D eigenvalue weighted by Crippen LogP contribution is 2.37. The lowest BCUT2D eigenvalue weighted by Gasteiger charge is -2.00. The van der Waals surface area contributed by atoms with Gasteiger partial charge in [0, 0.05) is 11.6 Å². The third-order valence-corrected chi connectivity index (χ3v) is 5.24. The van der Waals surface area contributed by atoms with Crippen LogP contribution in [0, 0.1) is 6.92 Å². The molecule has 4 nitrogen and oxygen atoms in total. The molecule has 0 bridgehead atoms. The van der Waals surface area contributed by atoms with Crippen LogP contribution in [0.1, 0.15) is 5.56 Å². The standard InChI is InChI=1S/C17H12Cl2N4S/c1-9-11-3-2-4-12(18)16(11)23-15(9)13-8-21-17(24-13)22-10-5-6-14(19)20-7-10/h2-8,23H,1H3,(H,21,22). The smallest absolute Gasteiger partial charge is 0.187 e. The summed E-state index contributed by atoms with van der Waals surface area (Å²) in [6.45, 7) is 2.08. The lowest BCUT2D eigenvalue weighted by molar-refractivity contribution is 1.31. The van der Waals surface area contributed by atoms with E-state index in [0.717, 1.165) is 42.9 Å². The van der Waals surface area contributed by atoms with Crippen LogP contribution in [0.3, 0.4) is 0 Å². The summed E-state index contributed by atoms with van der Waals surface area (Å²) in [5, 5.41) is 6.33. The number of benzene rings is 1. The molecule has 4 rings (SSSR count). The van der Waals surface area contributed by atoms with E-state index in [9.17, 15) is 0 Å². The minimum absolute atomic E-state index is 0.464. The number of fused-ring (bicyclic) bond motifs is 1. The number of aryl methyl sites for hydroxylation is 1. The fraction of sp³-hybridized carbons (Fsp3) is 0.0588. The number of nitrogens with zero attached hydrogens (tertiary/aromatic N) is 2. The topological polar surface area (TPSA) is 53.6 Å². The van der Waals surface area contributed by atoms with Crippen LogP contribution in [0.5, 0.6) is 0 Å². The first-order valence-corrected chi connectivity index (χ1v) is 8.80. The molecule has 0 saturated heterocycles. The number of para-hydroxylation sites is 1. The first kappa shape index (κ1) is 15.4. The van der Waals surface area contributed by atoms with Gasteiger partial charge in [-0.15, -0.1) is 0 Å². The van der Waals surface area contributed by atoms with E-state index >= 15 is 0 Å². The molecule has 7 heteroatoms. The SMILES string of the molecule is Cc1c(-c2cnc(Nc3ccc(Cl)nc3)s2)[nH]c2c(Cl)cccc12. The summed E-state index contributed by atoms with van der Waals surface area (Å²) < 4.78 is 0. The summed E-state index contributed by atoms with van der Waals surface area (Å²) in [4.78, 5) is 12.9. The number of halogens is 2. The van der Waals surface area contributed by atoms with E-state index < -0.39 is 0 Å². The van der Waals surface area contributed by atoms with Gasteiger partial charge in [0.2, 0.25) is 0 Å². The highest BCUT2D eigenvalue weighted by molar-refractivity contribution is 7.18. The van der Waals surface area contributed by atoms with Crippen molar-refractivity contribution in [1.29, 1.82) is 0 Å². The van der Waals surface area contributed by atoms with Crippen LogP contribution in [-0.2, 0) is 0 Å². The zero-order valence-corrected chi connectivity index (χ0v) is 14.9. The third kappa shape index (κ3) is 2.75. The molecule has 0 atom stereocenters. The molecule has 0 spiro atoms. The van der Waals surface area contributed by atoms with Crippen LogP contribution in [0.4, 0.5) is 10.8 Å². The van der Waals surface area contributed by atoms with Crippen molar-refractivity contribution in [2.45, 2.75) is 6.92 Å². The lowest BCUT2D eigenvalue weighted by atomic mass is 10.1. The van der Waals surface area contributed by atoms with E-state index in [2.05, 4.69) is 33.3 Å². The van der Waals surface area contributed by atoms with E-state index in [1.165, 1.54) is 0 Å². The van der Waals surface area contributed by atoms with Gasteiger partial charge in [-0.05, 0) is 30.7 Å². The summed E-state index contributed by atoms with van der Waals surface area (Å²) in [5.74, 6) is 0. The van der Waals surface area contributed by atoms with Crippen molar-refractivity contribution in [1.82, 2.24) is 15.0 Å². The summed E-state index contributed by atoms with van der Waals surface area (Å²) >= 11 is 13.6. The van der Waals surface area contributed by atoms with Gasteiger partial charge in [0.15, 0.2) is 5.13 Å². The second-order valence-electron chi connectivity index (χ2n) is 5.31. The molecular weight excluding hydrogens is 363 g/mol. The Bertz CT molecular complexity index is 1020. The van der Waals surface area contributed by atoms with Gasteiger partial charge in [-0.1, -0.05) is 46.7 Å².